The first-order chi connectivity index (χ1) is 13.3. The average Bonchev–Trinajstić information content (AvgIpc) is 2.61. The zero-order valence-electron chi connectivity index (χ0n) is 16.3. The van der Waals surface area contributed by atoms with Crippen LogP contribution in [0.15, 0.2) is 12.1 Å². The van der Waals surface area contributed by atoms with Gasteiger partial charge in [0.05, 0.1) is 10.3 Å². The summed E-state index contributed by atoms with van der Waals surface area (Å²) in [5, 5.41) is 13.8. The topological polar surface area (TPSA) is 98.5 Å². The van der Waals surface area contributed by atoms with E-state index in [0.29, 0.717) is 17.8 Å². The van der Waals surface area contributed by atoms with E-state index in [0.717, 1.165) is 30.4 Å². The summed E-state index contributed by atoms with van der Waals surface area (Å²) in [6.45, 7) is 3.19. The van der Waals surface area contributed by atoms with Crippen LogP contribution >= 0.6 is 0 Å². The van der Waals surface area contributed by atoms with Crippen molar-refractivity contribution >= 4 is 23.3 Å². The summed E-state index contributed by atoms with van der Waals surface area (Å²) in [7, 11) is 0. The Labute approximate surface area is 164 Å². The largest absolute Gasteiger partial charge is 0.455 e. The lowest BCUT2D eigenvalue weighted by molar-refractivity contribution is -0.384. The molecule has 1 N–H and O–H groups in total. The van der Waals surface area contributed by atoms with E-state index in [-0.39, 0.29) is 17.3 Å². The highest BCUT2D eigenvalue weighted by molar-refractivity contribution is 5.95. The van der Waals surface area contributed by atoms with E-state index in [4.69, 9.17) is 4.74 Å². The number of ether oxygens (including phenoxy) is 1. The molecule has 5 rings (SSSR count). The van der Waals surface area contributed by atoms with Gasteiger partial charge in [-0.2, -0.15) is 0 Å². The maximum atomic E-state index is 12.8. The highest BCUT2D eigenvalue weighted by Gasteiger charge is 2.55. The summed E-state index contributed by atoms with van der Waals surface area (Å²) >= 11 is 0. The second kappa shape index (κ2) is 6.87. The summed E-state index contributed by atoms with van der Waals surface area (Å²) < 4.78 is 5.39. The molecule has 0 spiro atoms. The first kappa shape index (κ1) is 18.9. The van der Waals surface area contributed by atoms with Crippen molar-refractivity contribution in [3.05, 3.63) is 33.4 Å². The van der Waals surface area contributed by atoms with Crippen molar-refractivity contribution in [2.24, 2.45) is 23.2 Å². The standard InChI is InChI=1S/C21H26N2O5/c1-12-3-17(18(23(26)27)4-13(12)2)22-19(24)11-28-20(25)21-8-14-5-15(9-21)7-16(6-14)10-21/h3-4,14-16H,5-11H2,1-2H3,(H,22,24). The van der Waals surface area contributed by atoms with Crippen molar-refractivity contribution in [2.75, 3.05) is 11.9 Å². The number of carbonyl (C=O) groups excluding carboxylic acids is 2. The Bertz CT molecular complexity index is 812. The van der Waals surface area contributed by atoms with Gasteiger partial charge in [-0.15, -0.1) is 0 Å². The lowest BCUT2D eigenvalue weighted by Crippen LogP contribution is -2.50. The maximum absolute atomic E-state index is 12.8. The summed E-state index contributed by atoms with van der Waals surface area (Å²) in [5.74, 6) is 1.03. The van der Waals surface area contributed by atoms with Crippen molar-refractivity contribution < 1.29 is 19.2 Å². The van der Waals surface area contributed by atoms with Crippen LogP contribution in [0.1, 0.15) is 49.7 Å². The second-order valence-corrected chi connectivity index (χ2v) is 9.03. The Morgan fingerprint density at radius 3 is 2.18 bits per heavy atom. The third kappa shape index (κ3) is 3.38. The molecule has 0 aromatic heterocycles. The number of hydrogen-bond donors (Lipinski definition) is 1. The Morgan fingerprint density at radius 1 is 1.11 bits per heavy atom. The molecule has 4 aliphatic carbocycles. The number of rotatable bonds is 5. The molecule has 0 unspecified atom stereocenters. The fraction of sp³-hybridized carbons (Fsp3) is 0.619. The van der Waals surface area contributed by atoms with Gasteiger partial charge in [-0.1, -0.05) is 0 Å². The predicted octanol–water partition coefficient (Wildman–Crippen LogP) is 3.91. The molecule has 7 nitrogen and oxygen atoms in total. The Hall–Kier alpha value is -2.44. The average molecular weight is 386 g/mol. The summed E-state index contributed by atoms with van der Waals surface area (Å²) in [6.07, 6.45) is 6.31. The molecule has 1 aromatic rings. The summed E-state index contributed by atoms with van der Waals surface area (Å²) in [5.41, 5.74) is 1.17. The number of benzene rings is 1. The first-order valence-corrected chi connectivity index (χ1v) is 9.98. The number of nitro groups is 1. The van der Waals surface area contributed by atoms with Crippen LogP contribution in [-0.2, 0) is 14.3 Å². The molecule has 0 atom stereocenters. The molecule has 0 radical (unpaired) electrons. The Balaban J connectivity index is 1.40. The van der Waals surface area contributed by atoms with Crippen LogP contribution in [0.5, 0.6) is 0 Å². The van der Waals surface area contributed by atoms with E-state index >= 15 is 0 Å². The van der Waals surface area contributed by atoms with Gasteiger partial charge in [-0.3, -0.25) is 19.7 Å². The lowest BCUT2D eigenvalue weighted by Gasteiger charge is -2.55. The van der Waals surface area contributed by atoms with Gasteiger partial charge in [0.2, 0.25) is 0 Å². The van der Waals surface area contributed by atoms with Crippen molar-refractivity contribution in [3.63, 3.8) is 0 Å². The number of anilines is 1. The molecule has 0 heterocycles. The number of amides is 1. The fourth-order valence-electron chi connectivity index (χ4n) is 5.88. The molecule has 0 saturated heterocycles. The zero-order chi connectivity index (χ0) is 20.1. The van der Waals surface area contributed by atoms with Gasteiger partial charge in [-0.25, -0.2) is 0 Å². The lowest BCUT2D eigenvalue weighted by atomic mass is 9.49. The van der Waals surface area contributed by atoms with Gasteiger partial charge in [0, 0.05) is 6.07 Å². The molecule has 7 heteroatoms. The van der Waals surface area contributed by atoms with Gasteiger partial charge in [0.1, 0.15) is 5.69 Å². The third-order valence-electron chi connectivity index (χ3n) is 6.89. The minimum atomic E-state index is -0.551. The Kier molecular flexibility index (Phi) is 4.63. The van der Waals surface area contributed by atoms with E-state index in [1.807, 2.05) is 6.92 Å². The van der Waals surface area contributed by atoms with Crippen LogP contribution < -0.4 is 5.32 Å². The smallest absolute Gasteiger partial charge is 0.312 e. The highest BCUT2D eigenvalue weighted by atomic mass is 16.6. The van der Waals surface area contributed by atoms with Crippen LogP contribution in [0.25, 0.3) is 0 Å². The van der Waals surface area contributed by atoms with Crippen molar-refractivity contribution in [1.82, 2.24) is 0 Å². The first-order valence-electron chi connectivity index (χ1n) is 9.98. The van der Waals surface area contributed by atoms with Crippen LogP contribution in [0.2, 0.25) is 0 Å². The summed E-state index contributed by atoms with van der Waals surface area (Å²) in [6, 6.07) is 3.01. The van der Waals surface area contributed by atoms with Crippen LogP contribution in [0, 0.1) is 47.1 Å². The minimum Gasteiger partial charge on any atom is -0.455 e. The molecule has 4 saturated carbocycles. The number of aryl methyl sites for hydroxylation is 2. The van der Waals surface area contributed by atoms with Crippen molar-refractivity contribution in [1.29, 1.82) is 0 Å². The molecular formula is C21H26N2O5. The molecule has 1 amide bonds. The molecule has 150 valence electrons. The van der Waals surface area contributed by atoms with Crippen molar-refractivity contribution in [2.45, 2.75) is 52.4 Å². The number of nitrogens with zero attached hydrogens (tertiary/aromatic N) is 1. The molecule has 28 heavy (non-hydrogen) atoms. The molecule has 4 bridgehead atoms. The van der Waals surface area contributed by atoms with E-state index in [9.17, 15) is 19.7 Å². The SMILES string of the molecule is Cc1cc(NC(=O)COC(=O)C23CC4CC(CC(C4)C2)C3)c([N+](=O)[O-])cc1C. The second-order valence-electron chi connectivity index (χ2n) is 9.03. The van der Waals surface area contributed by atoms with Crippen LogP contribution in [-0.4, -0.2) is 23.4 Å². The van der Waals surface area contributed by atoms with E-state index < -0.39 is 22.9 Å². The monoisotopic (exact) mass is 386 g/mol. The normalized spacial score (nSPS) is 30.1. The molecule has 0 aliphatic heterocycles. The fourth-order valence-corrected chi connectivity index (χ4v) is 5.88. The molecular weight excluding hydrogens is 360 g/mol. The Morgan fingerprint density at radius 2 is 1.64 bits per heavy atom. The summed E-state index contributed by atoms with van der Waals surface area (Å²) in [4.78, 5) is 35.9. The number of carbonyl (C=O) groups is 2. The quantitative estimate of drug-likeness (QED) is 0.470. The molecule has 4 aliphatic rings. The van der Waals surface area contributed by atoms with Gasteiger partial charge in [-0.05, 0) is 87.3 Å². The van der Waals surface area contributed by atoms with E-state index in [1.54, 1.807) is 13.0 Å². The van der Waals surface area contributed by atoms with Gasteiger partial charge < -0.3 is 10.1 Å². The van der Waals surface area contributed by atoms with E-state index in [2.05, 4.69) is 5.32 Å². The number of esters is 1. The number of nitrogens with one attached hydrogen (secondary N) is 1. The molecule has 1 aromatic carbocycles. The zero-order valence-corrected chi connectivity index (χ0v) is 16.3. The van der Waals surface area contributed by atoms with Crippen molar-refractivity contribution in [3.8, 4) is 0 Å². The van der Waals surface area contributed by atoms with Gasteiger partial charge in [0.15, 0.2) is 6.61 Å². The maximum Gasteiger partial charge on any atom is 0.312 e. The van der Waals surface area contributed by atoms with E-state index in [1.165, 1.54) is 25.3 Å². The number of nitro benzene ring substituents is 1. The highest BCUT2D eigenvalue weighted by Crippen LogP contribution is 2.60. The molecule has 4 fully saturated rings. The minimum absolute atomic E-state index is 0.129. The third-order valence-corrected chi connectivity index (χ3v) is 6.89. The number of hydrogen-bond acceptors (Lipinski definition) is 5. The van der Waals surface area contributed by atoms with Crippen LogP contribution in [0.4, 0.5) is 11.4 Å². The van der Waals surface area contributed by atoms with Gasteiger partial charge >= 0.3 is 5.97 Å². The predicted molar refractivity (Wildman–Crippen MR) is 103 cm³/mol. The van der Waals surface area contributed by atoms with Crippen LogP contribution in [0.3, 0.4) is 0 Å². The van der Waals surface area contributed by atoms with Gasteiger partial charge in [0.25, 0.3) is 11.6 Å².